The second kappa shape index (κ2) is 8.63. The molecule has 0 radical (unpaired) electrons. The first-order chi connectivity index (χ1) is 16.8. The van der Waals surface area contributed by atoms with Crippen LogP contribution in [0.2, 0.25) is 0 Å². The van der Waals surface area contributed by atoms with Crippen LogP contribution in [0.25, 0.3) is 16.0 Å². The standard InChI is InChI=1S/C27H21FN2O4S/c1-14-7-8-15(2)19(11-14)24(31)22-23(16-5-4-6-18(12-16)34-3)30(26(33)25(22)32)27-29-20-10-9-17(28)13-21(20)35-27/h4-13,23,31H,1-3H3. The molecule has 1 aliphatic rings. The molecule has 0 spiro atoms. The number of carbonyl (C=O) groups is 2. The van der Waals surface area contributed by atoms with Gasteiger partial charge < -0.3 is 9.84 Å². The number of methoxy groups -OCH3 is 1. The predicted octanol–water partition coefficient (Wildman–Crippen LogP) is 5.69. The van der Waals surface area contributed by atoms with Crippen LogP contribution in [0, 0.1) is 19.7 Å². The van der Waals surface area contributed by atoms with E-state index in [2.05, 4.69) is 4.98 Å². The number of hydrogen-bond donors (Lipinski definition) is 1. The zero-order chi connectivity index (χ0) is 24.9. The number of hydrogen-bond acceptors (Lipinski definition) is 6. The topological polar surface area (TPSA) is 79.7 Å². The highest BCUT2D eigenvalue weighted by molar-refractivity contribution is 7.22. The van der Waals surface area contributed by atoms with E-state index in [9.17, 15) is 19.1 Å². The van der Waals surface area contributed by atoms with Crippen LogP contribution in [0.5, 0.6) is 5.75 Å². The molecule has 0 aliphatic carbocycles. The molecule has 4 aromatic rings. The first-order valence-corrected chi connectivity index (χ1v) is 11.7. The lowest BCUT2D eigenvalue weighted by Crippen LogP contribution is -2.29. The summed E-state index contributed by atoms with van der Waals surface area (Å²) in [5, 5.41) is 11.6. The maximum absolute atomic E-state index is 13.8. The van der Waals surface area contributed by atoms with E-state index in [0.29, 0.717) is 27.1 Å². The van der Waals surface area contributed by atoms with Gasteiger partial charge in [0.1, 0.15) is 17.3 Å². The van der Waals surface area contributed by atoms with Gasteiger partial charge in [-0.25, -0.2) is 9.37 Å². The Hall–Kier alpha value is -4.04. The SMILES string of the molecule is COc1cccc(C2C(=C(O)c3cc(C)ccc3C)C(=O)C(=O)N2c2nc3ccc(F)cc3s2)c1. The normalized spacial score (nSPS) is 17.4. The smallest absolute Gasteiger partial charge is 0.301 e. The van der Waals surface area contributed by atoms with E-state index in [1.807, 2.05) is 26.0 Å². The summed E-state index contributed by atoms with van der Waals surface area (Å²) >= 11 is 1.10. The number of ketones is 1. The zero-order valence-corrected chi connectivity index (χ0v) is 20.0. The summed E-state index contributed by atoms with van der Waals surface area (Å²) in [6.45, 7) is 3.71. The minimum atomic E-state index is -0.949. The van der Waals surface area contributed by atoms with Crippen LogP contribution in [-0.2, 0) is 9.59 Å². The quantitative estimate of drug-likeness (QED) is 0.227. The third-order valence-electron chi connectivity index (χ3n) is 6.05. The molecule has 1 atom stereocenters. The molecule has 1 aromatic heterocycles. The Labute approximate surface area is 204 Å². The van der Waals surface area contributed by atoms with Gasteiger partial charge in [0.2, 0.25) is 0 Å². The molecule has 176 valence electrons. The first kappa shape index (κ1) is 22.7. The number of amides is 1. The van der Waals surface area contributed by atoms with Crippen molar-refractivity contribution >= 4 is 44.1 Å². The monoisotopic (exact) mass is 488 g/mol. The van der Waals surface area contributed by atoms with Crippen molar-refractivity contribution in [3.8, 4) is 5.75 Å². The number of ether oxygens (including phenoxy) is 1. The largest absolute Gasteiger partial charge is 0.507 e. The van der Waals surface area contributed by atoms with Crippen molar-refractivity contribution in [2.24, 2.45) is 0 Å². The van der Waals surface area contributed by atoms with E-state index in [-0.39, 0.29) is 16.5 Å². The number of aliphatic hydroxyl groups excluding tert-OH is 1. The molecule has 5 rings (SSSR count). The molecule has 2 heterocycles. The van der Waals surface area contributed by atoms with Crippen LogP contribution in [-0.4, -0.2) is 28.9 Å². The highest BCUT2D eigenvalue weighted by Crippen LogP contribution is 2.45. The molecule has 1 saturated heterocycles. The summed E-state index contributed by atoms with van der Waals surface area (Å²) < 4.78 is 19.7. The van der Waals surface area contributed by atoms with Crippen molar-refractivity contribution in [1.29, 1.82) is 0 Å². The van der Waals surface area contributed by atoms with Crippen LogP contribution >= 0.6 is 11.3 Å². The molecule has 0 bridgehead atoms. The lowest BCUT2D eigenvalue weighted by molar-refractivity contribution is -0.132. The summed E-state index contributed by atoms with van der Waals surface area (Å²) in [5.74, 6) is -1.78. The number of aryl methyl sites for hydroxylation is 2. The molecule has 35 heavy (non-hydrogen) atoms. The van der Waals surface area contributed by atoms with E-state index in [4.69, 9.17) is 4.74 Å². The third kappa shape index (κ3) is 3.85. The number of anilines is 1. The van der Waals surface area contributed by atoms with Gasteiger partial charge >= 0.3 is 5.91 Å². The summed E-state index contributed by atoms with van der Waals surface area (Å²) in [7, 11) is 1.52. The number of aliphatic hydroxyl groups is 1. The Morgan fingerprint density at radius 2 is 1.89 bits per heavy atom. The van der Waals surface area contributed by atoms with Gasteiger partial charge in [-0.2, -0.15) is 0 Å². The van der Waals surface area contributed by atoms with Crippen molar-refractivity contribution in [3.05, 3.63) is 94.3 Å². The third-order valence-corrected chi connectivity index (χ3v) is 7.06. The number of aromatic nitrogens is 1. The number of carbonyl (C=O) groups excluding carboxylic acids is 2. The maximum atomic E-state index is 13.8. The van der Waals surface area contributed by atoms with E-state index in [1.54, 1.807) is 30.3 Å². The molecule has 6 nitrogen and oxygen atoms in total. The highest BCUT2D eigenvalue weighted by atomic mass is 32.1. The summed E-state index contributed by atoms with van der Waals surface area (Å²) in [6.07, 6.45) is 0. The first-order valence-electron chi connectivity index (χ1n) is 10.9. The van der Waals surface area contributed by atoms with Crippen molar-refractivity contribution in [2.75, 3.05) is 12.0 Å². The fraction of sp³-hybridized carbons (Fsp3) is 0.148. The van der Waals surface area contributed by atoms with Gasteiger partial charge in [-0.05, 0) is 61.4 Å². The number of fused-ring (bicyclic) bond motifs is 1. The van der Waals surface area contributed by atoms with Crippen molar-refractivity contribution in [1.82, 2.24) is 4.98 Å². The Morgan fingerprint density at radius 3 is 2.66 bits per heavy atom. The van der Waals surface area contributed by atoms with Crippen LogP contribution < -0.4 is 9.64 Å². The van der Waals surface area contributed by atoms with Gasteiger partial charge in [0, 0.05) is 5.56 Å². The minimum absolute atomic E-state index is 0.0395. The van der Waals surface area contributed by atoms with Gasteiger partial charge in [0.25, 0.3) is 5.78 Å². The summed E-state index contributed by atoms with van der Waals surface area (Å²) in [4.78, 5) is 32.5. The molecular weight excluding hydrogens is 467 g/mol. The van der Waals surface area contributed by atoms with Gasteiger partial charge in [0.05, 0.1) is 28.9 Å². The summed E-state index contributed by atoms with van der Waals surface area (Å²) in [6, 6.07) is 15.7. The van der Waals surface area contributed by atoms with Gasteiger partial charge in [-0.15, -0.1) is 0 Å². The fourth-order valence-electron chi connectivity index (χ4n) is 4.28. The van der Waals surface area contributed by atoms with E-state index in [1.165, 1.54) is 30.2 Å². The Morgan fingerprint density at radius 1 is 1.09 bits per heavy atom. The number of rotatable bonds is 4. The second-order valence-electron chi connectivity index (χ2n) is 8.37. The molecule has 1 aliphatic heterocycles. The lowest BCUT2D eigenvalue weighted by Gasteiger charge is -2.23. The van der Waals surface area contributed by atoms with E-state index < -0.39 is 23.5 Å². The minimum Gasteiger partial charge on any atom is -0.507 e. The molecule has 0 saturated carbocycles. The van der Waals surface area contributed by atoms with Crippen molar-refractivity contribution in [2.45, 2.75) is 19.9 Å². The van der Waals surface area contributed by atoms with Crippen LogP contribution in [0.4, 0.5) is 9.52 Å². The van der Waals surface area contributed by atoms with Crippen LogP contribution in [0.1, 0.15) is 28.3 Å². The van der Waals surface area contributed by atoms with E-state index >= 15 is 0 Å². The average molecular weight is 489 g/mol. The van der Waals surface area contributed by atoms with Gasteiger partial charge in [-0.3, -0.25) is 14.5 Å². The Kier molecular flexibility index (Phi) is 5.61. The predicted molar refractivity (Wildman–Crippen MR) is 133 cm³/mol. The number of Topliss-reactive ketones (excluding diaryl/α,β-unsaturated/α-hetero) is 1. The fourth-order valence-corrected chi connectivity index (χ4v) is 5.30. The van der Waals surface area contributed by atoms with Crippen LogP contribution in [0.15, 0.2) is 66.2 Å². The number of halogens is 1. The molecule has 1 fully saturated rings. The number of thiazole rings is 1. The number of benzene rings is 3. The maximum Gasteiger partial charge on any atom is 0.301 e. The molecule has 8 heteroatoms. The molecular formula is C27H21FN2O4S. The zero-order valence-electron chi connectivity index (χ0n) is 19.2. The molecule has 1 N–H and O–H groups in total. The molecule has 1 amide bonds. The second-order valence-corrected chi connectivity index (χ2v) is 9.38. The van der Waals surface area contributed by atoms with Crippen molar-refractivity contribution < 1.29 is 23.8 Å². The van der Waals surface area contributed by atoms with E-state index in [0.717, 1.165) is 22.5 Å². The van der Waals surface area contributed by atoms with Gasteiger partial charge in [0.15, 0.2) is 5.13 Å². The van der Waals surface area contributed by atoms with Gasteiger partial charge in [-0.1, -0.05) is 41.2 Å². The number of nitrogens with zero attached hydrogens (tertiary/aromatic N) is 2. The molecule has 1 unspecified atom stereocenters. The Bertz CT molecular complexity index is 1540. The highest BCUT2D eigenvalue weighted by Gasteiger charge is 2.48. The summed E-state index contributed by atoms with van der Waals surface area (Å²) in [5.41, 5.74) is 3.18. The van der Waals surface area contributed by atoms with Crippen LogP contribution in [0.3, 0.4) is 0 Å². The lowest BCUT2D eigenvalue weighted by atomic mass is 9.93. The Balaban J connectivity index is 1.77. The molecule has 3 aromatic carbocycles. The average Bonchev–Trinajstić information content (AvgIpc) is 3.38. The van der Waals surface area contributed by atoms with Crippen molar-refractivity contribution in [3.63, 3.8) is 0 Å².